The van der Waals surface area contributed by atoms with Crippen LogP contribution in [0.4, 0.5) is 10.1 Å². The number of rotatable bonds is 5. The quantitative estimate of drug-likeness (QED) is 0.422. The highest BCUT2D eigenvalue weighted by Crippen LogP contribution is 2.43. The lowest BCUT2D eigenvalue weighted by Crippen LogP contribution is -2.49. The minimum Gasteiger partial charge on any atom is -0.481 e. The summed E-state index contributed by atoms with van der Waals surface area (Å²) in [6.45, 7) is 1.74. The van der Waals surface area contributed by atoms with E-state index >= 15 is 0 Å². The number of hydrogen-bond acceptors (Lipinski definition) is 3. The van der Waals surface area contributed by atoms with Crippen LogP contribution >= 0.6 is 22.6 Å². The SMILES string of the molecule is CN(C(=O)C1(c2ccc(F)cc2)CCOCC1)c1c(I)ccc2c1c(CC(=O)O)c1n2CCCC1. The van der Waals surface area contributed by atoms with Crippen LogP contribution in [0.1, 0.15) is 42.5 Å². The van der Waals surface area contributed by atoms with E-state index in [0.29, 0.717) is 26.1 Å². The molecule has 5 rings (SSSR count). The third-order valence-electron chi connectivity index (χ3n) is 7.54. The van der Waals surface area contributed by atoms with Gasteiger partial charge in [0.1, 0.15) is 5.82 Å². The number of halogens is 2. The van der Waals surface area contributed by atoms with E-state index in [1.165, 1.54) is 12.1 Å². The number of carbonyl (C=O) groups excluding carboxylic acids is 1. The molecule has 6 nitrogen and oxygen atoms in total. The van der Waals surface area contributed by atoms with Crippen molar-refractivity contribution in [3.63, 3.8) is 0 Å². The van der Waals surface area contributed by atoms with Crippen molar-refractivity contribution in [3.8, 4) is 0 Å². The topological polar surface area (TPSA) is 71.8 Å². The predicted octanol–water partition coefficient (Wildman–Crippen LogP) is 5.06. The number of hydrogen-bond donors (Lipinski definition) is 1. The summed E-state index contributed by atoms with van der Waals surface area (Å²) in [7, 11) is 1.78. The van der Waals surface area contributed by atoms with Crippen LogP contribution in [0.5, 0.6) is 0 Å². The summed E-state index contributed by atoms with van der Waals surface area (Å²) in [6.07, 6.45) is 3.84. The van der Waals surface area contributed by atoms with Crippen molar-refractivity contribution in [3.05, 3.63) is 62.6 Å². The van der Waals surface area contributed by atoms with E-state index in [0.717, 1.165) is 62.8 Å². The van der Waals surface area contributed by atoms with E-state index in [1.54, 1.807) is 24.1 Å². The predicted molar refractivity (Wildman–Crippen MR) is 140 cm³/mol. The van der Waals surface area contributed by atoms with Gasteiger partial charge in [-0.1, -0.05) is 12.1 Å². The number of likely N-dealkylation sites (N-methyl/N-ethyl adjacent to an activating group) is 1. The normalized spacial score (nSPS) is 17.2. The third-order valence-corrected chi connectivity index (χ3v) is 8.41. The van der Waals surface area contributed by atoms with Crippen LogP contribution in [0.3, 0.4) is 0 Å². The summed E-state index contributed by atoms with van der Waals surface area (Å²) in [5.74, 6) is -1.30. The van der Waals surface area contributed by atoms with Gasteiger partial charge in [0.2, 0.25) is 5.91 Å². The lowest BCUT2D eigenvalue weighted by Gasteiger charge is -2.39. The zero-order valence-electron chi connectivity index (χ0n) is 19.7. The zero-order chi connectivity index (χ0) is 24.7. The van der Waals surface area contributed by atoms with Crippen LogP contribution in [0.25, 0.3) is 10.9 Å². The molecule has 0 saturated carbocycles. The van der Waals surface area contributed by atoms with E-state index < -0.39 is 11.4 Å². The fourth-order valence-corrected chi connectivity index (χ4v) is 6.65. The molecule has 8 heteroatoms. The number of nitrogens with zero attached hydrogens (tertiary/aromatic N) is 2. The number of carboxylic acids is 1. The van der Waals surface area contributed by atoms with Crippen LogP contribution in [0.15, 0.2) is 36.4 Å². The second-order valence-corrected chi connectivity index (χ2v) is 10.6. The molecule has 0 atom stereocenters. The van der Waals surface area contributed by atoms with E-state index in [1.807, 2.05) is 12.1 Å². The molecule has 3 heterocycles. The van der Waals surface area contributed by atoms with Crippen molar-refractivity contribution in [2.75, 3.05) is 25.2 Å². The van der Waals surface area contributed by atoms with Crippen LogP contribution in [-0.2, 0) is 39.1 Å². The Hall–Kier alpha value is -2.46. The molecule has 35 heavy (non-hydrogen) atoms. The summed E-state index contributed by atoms with van der Waals surface area (Å²) in [5.41, 5.74) is 3.55. The van der Waals surface area contributed by atoms with Crippen LogP contribution in [0, 0.1) is 9.39 Å². The second kappa shape index (κ2) is 9.54. The molecule has 2 aliphatic heterocycles. The van der Waals surface area contributed by atoms with Gasteiger partial charge in [0.25, 0.3) is 0 Å². The Balaban J connectivity index is 1.68. The second-order valence-electron chi connectivity index (χ2n) is 9.46. The van der Waals surface area contributed by atoms with E-state index in [9.17, 15) is 19.1 Å². The lowest BCUT2D eigenvalue weighted by atomic mass is 9.73. The Labute approximate surface area is 217 Å². The number of amides is 1. The number of benzene rings is 2. The molecule has 2 aliphatic rings. The van der Waals surface area contributed by atoms with Gasteiger partial charge in [-0.3, -0.25) is 9.59 Å². The Morgan fingerprint density at radius 3 is 2.54 bits per heavy atom. The maximum atomic E-state index is 14.3. The van der Waals surface area contributed by atoms with Gasteiger partial charge in [0.05, 0.1) is 23.0 Å². The van der Waals surface area contributed by atoms with Crippen LogP contribution in [0.2, 0.25) is 0 Å². The highest BCUT2D eigenvalue weighted by Gasteiger charge is 2.44. The number of fused-ring (bicyclic) bond motifs is 3. The molecule has 0 spiro atoms. The van der Waals surface area contributed by atoms with Gasteiger partial charge < -0.3 is 19.3 Å². The van der Waals surface area contributed by atoms with Crippen molar-refractivity contribution in [2.45, 2.75) is 50.5 Å². The minimum atomic E-state index is -0.878. The maximum absolute atomic E-state index is 14.3. The minimum absolute atomic E-state index is 0.0785. The van der Waals surface area contributed by atoms with E-state index in [4.69, 9.17) is 4.74 Å². The van der Waals surface area contributed by atoms with Crippen molar-refractivity contribution in [1.29, 1.82) is 0 Å². The standard InChI is InChI=1S/C27H28FIN2O4/c1-30(26(34)27(11-14-35-15-12-27)17-5-7-18(28)8-6-17)25-20(29)9-10-22-24(25)19(16-23(32)33)21-4-2-3-13-31(21)22/h5-10H,2-4,11-16H2,1H3,(H,32,33). The monoisotopic (exact) mass is 590 g/mol. The number of aliphatic carboxylic acids is 1. The molecule has 184 valence electrons. The largest absolute Gasteiger partial charge is 0.481 e. The number of aryl methyl sites for hydroxylation is 1. The highest BCUT2D eigenvalue weighted by atomic mass is 127. The van der Waals surface area contributed by atoms with Crippen molar-refractivity contribution in [2.24, 2.45) is 0 Å². The molecule has 3 aromatic rings. The zero-order valence-corrected chi connectivity index (χ0v) is 21.8. The first-order valence-electron chi connectivity index (χ1n) is 12.0. The van der Waals surface area contributed by atoms with Crippen molar-refractivity contribution >= 4 is 51.1 Å². The third kappa shape index (κ3) is 4.14. The summed E-state index contributed by atoms with van der Waals surface area (Å²) in [4.78, 5) is 27.9. The average Bonchev–Trinajstić information content (AvgIpc) is 3.17. The molecule has 1 saturated heterocycles. The maximum Gasteiger partial charge on any atom is 0.307 e. The van der Waals surface area contributed by atoms with Gasteiger partial charge in [-0.2, -0.15) is 0 Å². The van der Waals surface area contributed by atoms with Crippen molar-refractivity contribution < 1.29 is 23.8 Å². The molecule has 1 aromatic heterocycles. The lowest BCUT2D eigenvalue weighted by molar-refractivity contribution is -0.136. The molecule has 1 amide bonds. The summed E-state index contributed by atoms with van der Waals surface area (Å²) in [6, 6.07) is 10.2. The van der Waals surface area contributed by atoms with Gasteiger partial charge in [0.15, 0.2) is 0 Å². The molecular formula is C27H28FIN2O4. The van der Waals surface area contributed by atoms with Gasteiger partial charge in [0, 0.05) is 41.5 Å². The molecule has 0 unspecified atom stereocenters. The molecule has 0 bridgehead atoms. The molecular weight excluding hydrogens is 562 g/mol. The van der Waals surface area contributed by atoms with E-state index in [-0.39, 0.29) is 18.1 Å². The first-order valence-corrected chi connectivity index (χ1v) is 13.1. The highest BCUT2D eigenvalue weighted by molar-refractivity contribution is 14.1. The Bertz CT molecular complexity index is 1290. The van der Waals surface area contributed by atoms with Crippen LogP contribution in [-0.4, -0.2) is 41.8 Å². The van der Waals surface area contributed by atoms with Gasteiger partial charge >= 0.3 is 5.97 Å². The average molecular weight is 590 g/mol. The number of anilines is 1. The summed E-state index contributed by atoms with van der Waals surface area (Å²) >= 11 is 2.24. The smallest absolute Gasteiger partial charge is 0.307 e. The molecule has 0 aliphatic carbocycles. The van der Waals surface area contributed by atoms with Crippen molar-refractivity contribution in [1.82, 2.24) is 4.57 Å². The number of ether oxygens (including phenoxy) is 1. The molecule has 0 radical (unpaired) electrons. The fraction of sp³-hybridized carbons (Fsp3) is 0.407. The summed E-state index contributed by atoms with van der Waals surface area (Å²) in [5, 5.41) is 10.6. The first-order chi connectivity index (χ1) is 16.8. The van der Waals surface area contributed by atoms with Gasteiger partial charge in [-0.05, 0) is 90.1 Å². The van der Waals surface area contributed by atoms with Gasteiger partial charge in [-0.25, -0.2) is 4.39 Å². The molecule has 1 fully saturated rings. The number of carbonyl (C=O) groups is 2. The fourth-order valence-electron chi connectivity index (χ4n) is 5.84. The number of carboxylic acid groups (broad SMARTS) is 1. The van der Waals surface area contributed by atoms with Gasteiger partial charge in [-0.15, -0.1) is 0 Å². The van der Waals surface area contributed by atoms with E-state index in [2.05, 4.69) is 27.2 Å². The van der Waals surface area contributed by atoms with Crippen LogP contribution < -0.4 is 4.90 Å². The Kier molecular flexibility index (Phi) is 6.61. The Morgan fingerprint density at radius 1 is 1.14 bits per heavy atom. The first kappa shape index (κ1) is 24.2. The Morgan fingerprint density at radius 2 is 1.86 bits per heavy atom. The summed E-state index contributed by atoms with van der Waals surface area (Å²) < 4.78 is 22.4. The number of aromatic nitrogens is 1. The molecule has 1 N–H and O–H groups in total. The molecule has 2 aromatic carbocycles.